The Morgan fingerprint density at radius 2 is 1.95 bits per heavy atom. The van der Waals surface area contributed by atoms with Crippen LogP contribution in [0.25, 0.3) is 0 Å². The topological polar surface area (TPSA) is 71.5 Å². The standard InChI is InChI=1S/C36H43ClN2O3/c1-23(22-42-32-13-18-38-31-12-5-8-25(3)33(31)32)19-26-20-29-24(2)7-4-11-30(29)35(26)14-16-36(17-15-35,34(40)41)39-28-10-6-9-27(37)21-28/h4,6-7,9-11,13,18,21,23,25-26,39H,5,8,12,14-17,19-20,22H2,1-3H3,(H,40,41)/t23-,25-,26+,35?,36?/m1/s1. The maximum Gasteiger partial charge on any atom is 0.329 e. The molecule has 6 heteroatoms. The summed E-state index contributed by atoms with van der Waals surface area (Å²) < 4.78 is 6.53. The minimum Gasteiger partial charge on any atom is -0.493 e. The first-order valence-electron chi connectivity index (χ1n) is 15.7. The molecule has 2 aromatic carbocycles. The summed E-state index contributed by atoms with van der Waals surface area (Å²) in [5.74, 6) is 1.54. The number of carboxylic acid groups (broad SMARTS) is 1. The van der Waals surface area contributed by atoms with E-state index in [1.54, 1.807) is 0 Å². The van der Waals surface area contributed by atoms with Crippen molar-refractivity contribution < 1.29 is 14.6 Å². The highest BCUT2D eigenvalue weighted by molar-refractivity contribution is 6.30. The molecular weight excluding hydrogens is 544 g/mol. The van der Waals surface area contributed by atoms with Crippen molar-refractivity contribution in [2.45, 2.75) is 95.4 Å². The van der Waals surface area contributed by atoms with Gasteiger partial charge < -0.3 is 15.2 Å². The summed E-state index contributed by atoms with van der Waals surface area (Å²) in [7, 11) is 0. The van der Waals surface area contributed by atoms with Gasteiger partial charge in [0.2, 0.25) is 0 Å². The average molecular weight is 587 g/mol. The Balaban J connectivity index is 1.21. The van der Waals surface area contributed by atoms with E-state index in [0.29, 0.717) is 42.2 Å². The monoisotopic (exact) mass is 586 g/mol. The number of halogens is 1. The van der Waals surface area contributed by atoms with Crippen LogP contribution in [0.3, 0.4) is 0 Å². The fourth-order valence-corrected chi connectivity index (χ4v) is 8.49. The number of benzene rings is 2. The minimum atomic E-state index is -1.00. The molecule has 3 aliphatic rings. The number of aromatic nitrogens is 1. The fourth-order valence-electron chi connectivity index (χ4n) is 8.30. The van der Waals surface area contributed by atoms with E-state index >= 15 is 0 Å². The molecule has 0 bridgehead atoms. The molecule has 0 aliphatic heterocycles. The van der Waals surface area contributed by atoms with Crippen molar-refractivity contribution in [1.29, 1.82) is 0 Å². The van der Waals surface area contributed by atoms with Crippen LogP contribution in [0.2, 0.25) is 5.02 Å². The van der Waals surface area contributed by atoms with Crippen molar-refractivity contribution in [2.24, 2.45) is 11.8 Å². The lowest BCUT2D eigenvalue weighted by Gasteiger charge is -2.47. The van der Waals surface area contributed by atoms with Crippen LogP contribution in [-0.2, 0) is 23.1 Å². The molecule has 3 aromatic rings. The maximum atomic E-state index is 12.8. The van der Waals surface area contributed by atoms with E-state index in [-0.39, 0.29) is 5.41 Å². The molecule has 0 saturated heterocycles. The third kappa shape index (κ3) is 5.30. The van der Waals surface area contributed by atoms with Crippen molar-refractivity contribution in [3.05, 3.63) is 87.7 Å². The molecule has 1 saturated carbocycles. The minimum absolute atomic E-state index is 0.0189. The van der Waals surface area contributed by atoms with Crippen molar-refractivity contribution in [3.8, 4) is 5.75 Å². The van der Waals surface area contributed by atoms with Crippen LogP contribution < -0.4 is 10.1 Å². The molecule has 3 atom stereocenters. The molecule has 1 aromatic heterocycles. The molecule has 5 nitrogen and oxygen atoms in total. The Morgan fingerprint density at radius 1 is 1.17 bits per heavy atom. The lowest BCUT2D eigenvalue weighted by Crippen LogP contribution is -2.53. The van der Waals surface area contributed by atoms with Crippen LogP contribution in [0.5, 0.6) is 5.75 Å². The third-order valence-corrected chi connectivity index (χ3v) is 10.8. The van der Waals surface area contributed by atoms with Crippen molar-refractivity contribution in [2.75, 3.05) is 11.9 Å². The Bertz CT molecular complexity index is 1460. The molecule has 0 amide bonds. The Labute approximate surface area is 255 Å². The Kier molecular flexibility index (Phi) is 7.99. The second kappa shape index (κ2) is 11.6. The summed E-state index contributed by atoms with van der Waals surface area (Å²) >= 11 is 6.23. The fraction of sp³-hybridized carbons (Fsp3) is 0.500. The van der Waals surface area contributed by atoms with E-state index in [1.807, 2.05) is 36.5 Å². The van der Waals surface area contributed by atoms with E-state index < -0.39 is 11.5 Å². The molecule has 1 heterocycles. The smallest absolute Gasteiger partial charge is 0.329 e. The molecule has 3 aliphatic carbocycles. The van der Waals surface area contributed by atoms with Gasteiger partial charge in [0.25, 0.3) is 0 Å². The van der Waals surface area contributed by atoms with Gasteiger partial charge in [-0.2, -0.15) is 0 Å². The van der Waals surface area contributed by atoms with Crippen LogP contribution in [-0.4, -0.2) is 28.2 Å². The Hall–Kier alpha value is -3.05. The molecule has 0 unspecified atom stereocenters. The van der Waals surface area contributed by atoms with Gasteiger partial charge in [0, 0.05) is 28.2 Å². The molecule has 0 radical (unpaired) electrons. The van der Waals surface area contributed by atoms with E-state index in [4.69, 9.17) is 16.3 Å². The largest absolute Gasteiger partial charge is 0.493 e. The van der Waals surface area contributed by atoms with Crippen molar-refractivity contribution in [1.82, 2.24) is 4.98 Å². The highest BCUT2D eigenvalue weighted by Crippen LogP contribution is 2.56. The number of rotatable bonds is 8. The summed E-state index contributed by atoms with van der Waals surface area (Å²) in [4.78, 5) is 17.4. The number of carboxylic acids is 1. The number of nitrogens with zero attached hydrogens (tertiary/aromatic N) is 1. The molecule has 1 spiro atoms. The van der Waals surface area contributed by atoms with Crippen LogP contribution in [0.15, 0.2) is 54.7 Å². The van der Waals surface area contributed by atoms with Crippen molar-refractivity contribution in [3.63, 3.8) is 0 Å². The summed E-state index contributed by atoms with van der Waals surface area (Å²) in [5, 5.41) is 14.5. The molecule has 6 rings (SSSR count). The van der Waals surface area contributed by atoms with Gasteiger partial charge in [0.15, 0.2) is 0 Å². The van der Waals surface area contributed by atoms with Gasteiger partial charge in [-0.05, 0) is 129 Å². The van der Waals surface area contributed by atoms with Crippen LogP contribution in [0, 0.1) is 18.8 Å². The summed E-state index contributed by atoms with van der Waals surface area (Å²) in [6.45, 7) is 7.51. The maximum absolute atomic E-state index is 12.8. The molecule has 2 N–H and O–H groups in total. The number of ether oxygens (including phenoxy) is 1. The van der Waals surface area contributed by atoms with Gasteiger partial charge in [0.05, 0.1) is 6.61 Å². The lowest BCUT2D eigenvalue weighted by molar-refractivity contribution is -0.144. The second-order valence-electron chi connectivity index (χ2n) is 13.3. The number of aryl methyl sites for hydroxylation is 2. The number of nitrogens with one attached hydrogen (secondary N) is 1. The number of fused-ring (bicyclic) bond motifs is 3. The highest BCUT2D eigenvalue weighted by Gasteiger charge is 2.54. The van der Waals surface area contributed by atoms with E-state index in [0.717, 1.165) is 43.5 Å². The van der Waals surface area contributed by atoms with Gasteiger partial charge in [-0.15, -0.1) is 0 Å². The van der Waals surface area contributed by atoms with Gasteiger partial charge in [-0.3, -0.25) is 4.98 Å². The van der Waals surface area contributed by atoms with Crippen LogP contribution in [0.1, 0.15) is 92.7 Å². The van der Waals surface area contributed by atoms with E-state index in [2.05, 4.69) is 49.3 Å². The predicted octanol–water partition coefficient (Wildman–Crippen LogP) is 8.51. The lowest BCUT2D eigenvalue weighted by atomic mass is 9.59. The summed E-state index contributed by atoms with van der Waals surface area (Å²) in [6.07, 6.45) is 10.3. The van der Waals surface area contributed by atoms with Crippen LogP contribution in [0.4, 0.5) is 5.69 Å². The second-order valence-corrected chi connectivity index (χ2v) is 13.7. The number of hydrogen-bond acceptors (Lipinski definition) is 4. The van der Waals surface area contributed by atoms with Gasteiger partial charge in [-0.25, -0.2) is 4.79 Å². The van der Waals surface area contributed by atoms with Gasteiger partial charge in [-0.1, -0.05) is 49.7 Å². The number of anilines is 1. The van der Waals surface area contributed by atoms with Gasteiger partial charge >= 0.3 is 5.97 Å². The first kappa shape index (κ1) is 29.0. The van der Waals surface area contributed by atoms with Crippen molar-refractivity contribution >= 4 is 23.3 Å². The van der Waals surface area contributed by atoms with Crippen LogP contribution >= 0.6 is 11.6 Å². The zero-order valence-corrected chi connectivity index (χ0v) is 25.8. The average Bonchev–Trinajstić information content (AvgIpc) is 3.26. The zero-order valence-electron chi connectivity index (χ0n) is 25.1. The first-order chi connectivity index (χ1) is 20.2. The Morgan fingerprint density at radius 3 is 2.71 bits per heavy atom. The quantitative estimate of drug-likeness (QED) is 0.277. The van der Waals surface area contributed by atoms with Gasteiger partial charge in [0.1, 0.15) is 11.3 Å². The zero-order chi connectivity index (χ0) is 29.5. The number of hydrogen-bond donors (Lipinski definition) is 2. The predicted molar refractivity (Wildman–Crippen MR) is 169 cm³/mol. The molecule has 1 fully saturated rings. The van der Waals surface area contributed by atoms with E-state index in [9.17, 15) is 9.90 Å². The molecule has 222 valence electrons. The summed E-state index contributed by atoms with van der Waals surface area (Å²) in [5.41, 5.74) is 6.52. The highest BCUT2D eigenvalue weighted by atomic mass is 35.5. The third-order valence-electron chi connectivity index (χ3n) is 10.6. The molecular formula is C36H43ClN2O3. The van der Waals surface area contributed by atoms with E-state index in [1.165, 1.54) is 40.8 Å². The summed E-state index contributed by atoms with van der Waals surface area (Å²) in [6, 6.07) is 16.2. The number of carbonyl (C=O) groups is 1. The SMILES string of the molecule is Cc1cccc2c1C[C@H](C[C@@H](C)COc1ccnc3c1[C@H](C)CCC3)C21CCC(Nc2cccc(Cl)c2)(C(=O)O)CC1. The normalized spacial score (nSPS) is 27.2. The first-order valence-corrected chi connectivity index (χ1v) is 16.1. The number of pyridine rings is 1. The molecule has 42 heavy (non-hydrogen) atoms. The number of aliphatic carboxylic acids is 1.